The Morgan fingerprint density at radius 1 is 1.17 bits per heavy atom. The lowest BCUT2D eigenvalue weighted by Crippen LogP contribution is -2.56. The standard InChI is InChI=1S/C16H27NO/c1-3-4-15(17-11(2)18)16-8-12-5-13(9-16)7-14(6-12)10-16/h12-15H,3-10H2,1-2H3,(H,17,18)/t12?,13?,14?,15-,16?/m0/s1. The van der Waals surface area contributed by atoms with Crippen LogP contribution >= 0.6 is 0 Å². The van der Waals surface area contributed by atoms with Crippen molar-refractivity contribution < 1.29 is 4.79 Å². The third-order valence-corrected chi connectivity index (χ3v) is 5.78. The predicted octanol–water partition coefficient (Wildman–Crippen LogP) is 3.51. The van der Waals surface area contributed by atoms with E-state index in [1.54, 1.807) is 6.92 Å². The minimum atomic E-state index is 0.171. The van der Waals surface area contributed by atoms with Crippen LogP contribution in [0.3, 0.4) is 0 Å². The van der Waals surface area contributed by atoms with Crippen LogP contribution in [0.2, 0.25) is 0 Å². The van der Waals surface area contributed by atoms with Crippen LogP contribution in [0.5, 0.6) is 0 Å². The van der Waals surface area contributed by atoms with Gasteiger partial charge in [0.15, 0.2) is 0 Å². The molecule has 0 unspecified atom stereocenters. The molecule has 1 atom stereocenters. The molecule has 0 heterocycles. The first-order chi connectivity index (χ1) is 8.61. The first-order valence-corrected chi connectivity index (χ1v) is 7.88. The van der Waals surface area contributed by atoms with Crippen LogP contribution in [0.15, 0.2) is 0 Å². The zero-order chi connectivity index (χ0) is 12.8. The lowest BCUT2D eigenvalue weighted by atomic mass is 9.47. The van der Waals surface area contributed by atoms with E-state index in [0.717, 1.165) is 17.8 Å². The molecule has 4 aliphatic carbocycles. The molecule has 4 aliphatic rings. The quantitative estimate of drug-likeness (QED) is 0.811. The van der Waals surface area contributed by atoms with Crippen molar-refractivity contribution in [1.29, 1.82) is 0 Å². The number of rotatable bonds is 4. The molecular formula is C16H27NO. The van der Waals surface area contributed by atoms with Gasteiger partial charge in [-0.15, -0.1) is 0 Å². The van der Waals surface area contributed by atoms with E-state index in [1.807, 2.05) is 0 Å². The second kappa shape index (κ2) is 4.54. The fourth-order valence-electron chi connectivity index (χ4n) is 5.67. The van der Waals surface area contributed by atoms with E-state index in [4.69, 9.17) is 0 Å². The second-order valence-corrected chi connectivity index (χ2v) is 7.32. The highest BCUT2D eigenvalue weighted by Crippen LogP contribution is 2.61. The van der Waals surface area contributed by atoms with Crippen LogP contribution < -0.4 is 5.32 Å². The highest BCUT2D eigenvalue weighted by Gasteiger charge is 2.53. The van der Waals surface area contributed by atoms with Crippen molar-refractivity contribution in [1.82, 2.24) is 5.32 Å². The van der Waals surface area contributed by atoms with Gasteiger partial charge in [-0.3, -0.25) is 4.79 Å². The molecule has 102 valence electrons. The maximum absolute atomic E-state index is 11.5. The van der Waals surface area contributed by atoms with Crippen molar-refractivity contribution >= 4 is 5.91 Å². The number of hydrogen-bond acceptors (Lipinski definition) is 1. The van der Waals surface area contributed by atoms with Crippen LogP contribution in [0.4, 0.5) is 0 Å². The Kier molecular flexibility index (Phi) is 3.15. The van der Waals surface area contributed by atoms with E-state index in [0.29, 0.717) is 11.5 Å². The molecule has 18 heavy (non-hydrogen) atoms. The first kappa shape index (κ1) is 12.5. The first-order valence-electron chi connectivity index (χ1n) is 7.88. The Morgan fingerprint density at radius 3 is 2.06 bits per heavy atom. The Bertz CT molecular complexity index is 301. The van der Waals surface area contributed by atoms with E-state index in [-0.39, 0.29) is 5.91 Å². The summed E-state index contributed by atoms with van der Waals surface area (Å²) in [6.45, 7) is 3.93. The number of amides is 1. The number of carbonyl (C=O) groups is 1. The molecular weight excluding hydrogens is 222 g/mol. The summed E-state index contributed by atoms with van der Waals surface area (Å²) in [4.78, 5) is 11.5. The minimum absolute atomic E-state index is 0.171. The lowest BCUT2D eigenvalue weighted by molar-refractivity contribution is -0.124. The maximum Gasteiger partial charge on any atom is 0.217 e. The van der Waals surface area contributed by atoms with Gasteiger partial charge in [-0.05, 0) is 68.1 Å². The fourth-order valence-corrected chi connectivity index (χ4v) is 5.67. The van der Waals surface area contributed by atoms with Gasteiger partial charge in [0.2, 0.25) is 5.91 Å². The van der Waals surface area contributed by atoms with Gasteiger partial charge in [0.1, 0.15) is 0 Å². The molecule has 0 spiro atoms. The van der Waals surface area contributed by atoms with Gasteiger partial charge in [0.25, 0.3) is 0 Å². The lowest BCUT2D eigenvalue weighted by Gasteiger charge is -2.59. The topological polar surface area (TPSA) is 29.1 Å². The fraction of sp³-hybridized carbons (Fsp3) is 0.938. The average Bonchev–Trinajstić information content (AvgIpc) is 2.26. The van der Waals surface area contributed by atoms with Crippen LogP contribution in [-0.2, 0) is 4.79 Å². The number of nitrogens with one attached hydrogen (secondary N) is 1. The molecule has 0 aromatic heterocycles. The molecule has 0 aromatic rings. The van der Waals surface area contributed by atoms with E-state index in [9.17, 15) is 4.79 Å². The van der Waals surface area contributed by atoms with Gasteiger partial charge in [0, 0.05) is 13.0 Å². The molecule has 4 fully saturated rings. The van der Waals surface area contributed by atoms with E-state index >= 15 is 0 Å². The van der Waals surface area contributed by atoms with Crippen LogP contribution in [0.1, 0.15) is 65.2 Å². The molecule has 0 aliphatic heterocycles. The molecule has 1 N–H and O–H groups in total. The van der Waals surface area contributed by atoms with Crippen LogP contribution in [0, 0.1) is 23.2 Å². The molecule has 2 heteroatoms. The largest absolute Gasteiger partial charge is 0.353 e. The molecule has 1 amide bonds. The summed E-state index contributed by atoms with van der Waals surface area (Å²) in [5, 5.41) is 3.30. The zero-order valence-electron chi connectivity index (χ0n) is 11.9. The molecule has 0 saturated heterocycles. The number of carbonyl (C=O) groups excluding carboxylic acids is 1. The van der Waals surface area contributed by atoms with Crippen molar-refractivity contribution in [2.75, 3.05) is 0 Å². The van der Waals surface area contributed by atoms with Crippen molar-refractivity contribution in [2.45, 2.75) is 71.3 Å². The van der Waals surface area contributed by atoms with Gasteiger partial charge in [-0.1, -0.05) is 13.3 Å². The van der Waals surface area contributed by atoms with Crippen molar-refractivity contribution in [3.63, 3.8) is 0 Å². The summed E-state index contributed by atoms with van der Waals surface area (Å²) in [6, 6.07) is 0.452. The molecule has 4 bridgehead atoms. The summed E-state index contributed by atoms with van der Waals surface area (Å²) < 4.78 is 0. The predicted molar refractivity (Wildman–Crippen MR) is 73.1 cm³/mol. The van der Waals surface area contributed by atoms with Crippen LogP contribution in [-0.4, -0.2) is 11.9 Å². The third kappa shape index (κ3) is 2.08. The summed E-state index contributed by atoms with van der Waals surface area (Å²) in [6.07, 6.45) is 11.0. The smallest absolute Gasteiger partial charge is 0.217 e. The Balaban J connectivity index is 1.81. The van der Waals surface area contributed by atoms with Crippen LogP contribution in [0.25, 0.3) is 0 Å². The SMILES string of the molecule is CCC[C@H](NC(C)=O)C12CC3CC(CC(C3)C1)C2. The van der Waals surface area contributed by atoms with E-state index < -0.39 is 0 Å². The summed E-state index contributed by atoms with van der Waals surface area (Å²) in [7, 11) is 0. The second-order valence-electron chi connectivity index (χ2n) is 7.32. The Labute approximate surface area is 111 Å². The highest BCUT2D eigenvalue weighted by molar-refractivity contribution is 5.73. The molecule has 2 nitrogen and oxygen atoms in total. The molecule has 0 aromatic carbocycles. The van der Waals surface area contributed by atoms with E-state index in [1.165, 1.54) is 51.4 Å². The minimum Gasteiger partial charge on any atom is -0.353 e. The van der Waals surface area contributed by atoms with E-state index in [2.05, 4.69) is 12.2 Å². The number of hydrogen-bond donors (Lipinski definition) is 1. The average molecular weight is 249 g/mol. The van der Waals surface area contributed by atoms with Gasteiger partial charge < -0.3 is 5.32 Å². The Hall–Kier alpha value is -0.530. The van der Waals surface area contributed by atoms with Gasteiger partial charge >= 0.3 is 0 Å². The van der Waals surface area contributed by atoms with Crippen molar-refractivity contribution in [3.05, 3.63) is 0 Å². The zero-order valence-corrected chi connectivity index (χ0v) is 11.9. The summed E-state index contributed by atoms with van der Waals surface area (Å²) in [5.41, 5.74) is 0.469. The third-order valence-electron chi connectivity index (χ3n) is 5.78. The summed E-state index contributed by atoms with van der Waals surface area (Å²) in [5.74, 6) is 3.10. The van der Waals surface area contributed by atoms with Crippen molar-refractivity contribution in [2.24, 2.45) is 23.2 Å². The normalized spacial score (nSPS) is 42.9. The monoisotopic (exact) mass is 249 g/mol. The Morgan fingerprint density at radius 2 is 1.67 bits per heavy atom. The highest BCUT2D eigenvalue weighted by atomic mass is 16.1. The molecule has 4 rings (SSSR count). The molecule has 4 saturated carbocycles. The summed E-state index contributed by atoms with van der Waals surface area (Å²) >= 11 is 0. The van der Waals surface area contributed by atoms with Gasteiger partial charge in [-0.2, -0.15) is 0 Å². The van der Waals surface area contributed by atoms with Gasteiger partial charge in [-0.25, -0.2) is 0 Å². The van der Waals surface area contributed by atoms with Crippen molar-refractivity contribution in [3.8, 4) is 0 Å². The van der Waals surface area contributed by atoms with Gasteiger partial charge in [0.05, 0.1) is 0 Å². The maximum atomic E-state index is 11.5. The molecule has 0 radical (unpaired) electrons.